The zero-order chi connectivity index (χ0) is 41.3. The number of hydrogen-bond donors (Lipinski definition) is 0. The minimum atomic E-state index is -3.93. The molecule has 4 aromatic carbocycles. The molecule has 0 spiro atoms. The monoisotopic (exact) mass is 968 g/mol. The van der Waals surface area contributed by atoms with Crippen molar-refractivity contribution in [2.24, 2.45) is 10.8 Å². The molecule has 2 fully saturated rings. The Morgan fingerprint density at radius 1 is 0.517 bits per heavy atom. The molecule has 8 rings (SSSR count). The van der Waals surface area contributed by atoms with Gasteiger partial charge in [-0.3, -0.25) is 0 Å². The molecule has 4 aromatic rings. The van der Waals surface area contributed by atoms with Crippen LogP contribution < -0.4 is 10.4 Å². The third kappa shape index (κ3) is 9.33. The average Bonchev–Trinajstić information content (AvgIpc) is 3.73. The Kier molecular flexibility index (Phi) is 13.9. The van der Waals surface area contributed by atoms with E-state index in [4.69, 9.17) is 0 Å². The predicted octanol–water partition coefficient (Wildman–Crippen LogP) is 15.6. The number of rotatable bonds is 10. The molecule has 0 saturated heterocycles. The molecule has 60 heavy (non-hydrogen) atoms. The Balaban J connectivity index is 0.00000302. The van der Waals surface area contributed by atoms with Gasteiger partial charge in [0.25, 0.3) is 0 Å². The number of hydrogen-bond acceptors (Lipinski definition) is 0. The van der Waals surface area contributed by atoms with Gasteiger partial charge in [0.1, 0.15) is 0 Å². The molecule has 4 aliphatic rings. The van der Waals surface area contributed by atoms with Crippen molar-refractivity contribution in [1.82, 2.24) is 0 Å². The van der Waals surface area contributed by atoms with Crippen LogP contribution in [-0.4, -0.2) is 23.0 Å². The minimum Gasteiger partial charge on any atom is -0.147 e. The van der Waals surface area contributed by atoms with E-state index in [9.17, 15) is 0 Å². The van der Waals surface area contributed by atoms with Crippen LogP contribution in [0.15, 0.2) is 96.1 Å². The van der Waals surface area contributed by atoms with E-state index in [-0.39, 0.29) is 24.8 Å². The first-order valence-corrected chi connectivity index (χ1v) is 43.9. The Bertz CT molecular complexity index is 2160. The Morgan fingerprint density at radius 3 is 1.17 bits per heavy atom. The van der Waals surface area contributed by atoms with Gasteiger partial charge in [0.2, 0.25) is 0 Å². The van der Waals surface area contributed by atoms with E-state index < -0.39 is 33.5 Å². The number of fused-ring (bicyclic) bond motifs is 2. The molecule has 2 unspecified atom stereocenters. The van der Waals surface area contributed by atoms with E-state index in [0.717, 1.165) is 0 Å². The minimum absolute atomic E-state index is 0. The Morgan fingerprint density at radius 2 is 0.850 bits per heavy atom. The normalized spacial score (nSPS) is 21.2. The van der Waals surface area contributed by atoms with Crippen molar-refractivity contribution in [3.05, 3.63) is 118 Å². The molecular weight excluding hydrogens is 895 g/mol. The molecule has 2 saturated carbocycles. The maximum Gasteiger partial charge on any atom is -0.147 e. The quantitative estimate of drug-likeness (QED) is 0.139. The third-order valence-corrected chi connectivity index (χ3v) is 37.3. The van der Waals surface area contributed by atoms with Crippen LogP contribution in [0.1, 0.15) is 120 Å². The molecule has 0 aromatic heterocycles. The van der Waals surface area contributed by atoms with Crippen LogP contribution in [0.25, 0.3) is 34.4 Å². The van der Waals surface area contributed by atoms with Gasteiger partial charge in [0.05, 0.1) is 0 Å². The van der Waals surface area contributed by atoms with E-state index in [1.807, 2.05) is 0 Å². The van der Waals surface area contributed by atoms with Crippen molar-refractivity contribution in [2.75, 3.05) is 0 Å². The second-order valence-corrected chi connectivity index (χ2v) is 64.2. The zero-order valence-electron chi connectivity index (χ0n) is 38.9. The fourth-order valence-corrected chi connectivity index (χ4v) is 34.6. The second kappa shape index (κ2) is 17.5. The van der Waals surface area contributed by atoms with Crippen LogP contribution in [0.5, 0.6) is 0 Å². The first kappa shape index (κ1) is 47.9. The van der Waals surface area contributed by atoms with E-state index in [0.29, 0.717) is 18.1 Å². The largest absolute Gasteiger partial charge is 0.147 e. The molecule has 0 heterocycles. The summed E-state index contributed by atoms with van der Waals surface area (Å²) in [5.41, 5.74) is 16.4. The number of halogens is 2. The van der Waals surface area contributed by atoms with Crippen LogP contribution >= 0.6 is 24.8 Å². The number of allylic oxidation sites excluding steroid dienone is 2. The predicted molar refractivity (Wildman–Crippen MR) is 278 cm³/mol. The topological polar surface area (TPSA) is 0 Å². The molecule has 0 amide bonds. The van der Waals surface area contributed by atoms with Crippen LogP contribution in [-0.2, 0) is 17.4 Å². The maximum absolute atomic E-state index is 3.93. The van der Waals surface area contributed by atoms with Crippen LogP contribution in [0.4, 0.5) is 0 Å². The average molecular weight is 972 g/mol. The van der Waals surface area contributed by atoms with Gasteiger partial charge < -0.3 is 0 Å². The smallest absolute Gasteiger partial charge is 0.147 e. The maximum atomic E-state index is 2.91. The van der Waals surface area contributed by atoms with Crippen molar-refractivity contribution in [3.63, 3.8) is 0 Å². The molecule has 2 atom stereocenters. The molecule has 4 aliphatic carbocycles. The molecule has 0 nitrogen and oxygen atoms in total. The molecular formula is C54H76Cl2Si3Zr. The summed E-state index contributed by atoms with van der Waals surface area (Å²) in [5, 5.41) is 3.10. The SMILES string of the molecule is CC1(CC2=Cc3c(-c4ccc([Si](C)(C)C)cc4)cccc3[CH]2[Zr]([CH3])([CH3])(=[SiH2])[CH]2C(CC3(C)CCCCC3)=Cc3c(-c4ccc([Si](C)(C)C)cc4)cccc32)CCCCC1.Cl.Cl. The van der Waals surface area contributed by atoms with Gasteiger partial charge in [-0.1, -0.05) is 0 Å². The Labute approximate surface area is 382 Å². The van der Waals surface area contributed by atoms with Crippen LogP contribution in [0, 0.1) is 10.8 Å². The molecule has 0 bridgehead atoms. The zero-order valence-corrected chi connectivity index (χ0v) is 46.4. The van der Waals surface area contributed by atoms with Crippen LogP contribution in [0.2, 0.25) is 48.5 Å². The van der Waals surface area contributed by atoms with E-state index >= 15 is 0 Å². The van der Waals surface area contributed by atoms with Crippen molar-refractivity contribution in [2.45, 2.75) is 147 Å². The number of benzene rings is 4. The molecule has 0 N–H and O–H groups in total. The first-order valence-electron chi connectivity index (χ1n) is 23.2. The third-order valence-electron chi connectivity index (χ3n) is 15.7. The van der Waals surface area contributed by atoms with Gasteiger partial charge in [-0.15, -0.1) is 24.8 Å². The summed E-state index contributed by atoms with van der Waals surface area (Å²) in [6.45, 7) is 22.7. The van der Waals surface area contributed by atoms with Gasteiger partial charge in [-0.2, -0.15) is 0 Å². The van der Waals surface area contributed by atoms with Crippen molar-refractivity contribution in [1.29, 1.82) is 0 Å². The van der Waals surface area contributed by atoms with Crippen molar-refractivity contribution < 1.29 is 17.4 Å². The summed E-state index contributed by atoms with van der Waals surface area (Å²) < 4.78 is 6.90. The second-order valence-electron chi connectivity index (χ2n) is 23.6. The van der Waals surface area contributed by atoms with Gasteiger partial charge in [-0.05, 0) is 0 Å². The van der Waals surface area contributed by atoms with Crippen LogP contribution in [0.3, 0.4) is 0 Å². The first-order chi connectivity index (χ1) is 27.2. The van der Waals surface area contributed by atoms with E-state index in [1.54, 1.807) is 32.6 Å². The summed E-state index contributed by atoms with van der Waals surface area (Å²) in [4.78, 5) is 0. The molecule has 0 aliphatic heterocycles. The van der Waals surface area contributed by atoms with Crippen molar-refractivity contribution in [3.8, 4) is 22.3 Å². The summed E-state index contributed by atoms with van der Waals surface area (Å²) in [5.74, 6) is 0. The van der Waals surface area contributed by atoms with E-state index in [2.05, 4.69) is 166 Å². The van der Waals surface area contributed by atoms with Gasteiger partial charge >= 0.3 is 361 Å². The Hall–Kier alpha value is -1.53. The van der Waals surface area contributed by atoms with Gasteiger partial charge in [0.15, 0.2) is 0 Å². The molecule has 322 valence electrons. The molecule has 0 radical (unpaired) electrons. The standard InChI is InChI=1S/2C26H33Si.2CH3.2ClH.H2Si.Zr/c2*1-26(15-6-5-7-16-26)19-20-17-22-9-8-10-24(25(22)18-20)21-11-13-23(14-12-21)27(2,3)4;;;;;;/h2*8-14,17-18H,5-7,15-16,19H2,1-4H3;2*1H3;2*1H;1H2;. The fraction of sp³-hybridized carbons (Fsp3) is 0.481. The summed E-state index contributed by atoms with van der Waals surface area (Å²) >= 11 is -3.93. The van der Waals surface area contributed by atoms with Crippen molar-refractivity contribution >= 4 is 70.4 Å². The van der Waals surface area contributed by atoms with Gasteiger partial charge in [-0.25, -0.2) is 0 Å². The summed E-state index contributed by atoms with van der Waals surface area (Å²) in [6.07, 6.45) is 21.9. The van der Waals surface area contributed by atoms with Gasteiger partial charge in [0, 0.05) is 0 Å². The molecule has 6 heteroatoms. The summed E-state index contributed by atoms with van der Waals surface area (Å²) in [7, 11) is -2.77. The van der Waals surface area contributed by atoms with E-state index in [1.165, 1.54) is 110 Å². The summed E-state index contributed by atoms with van der Waals surface area (Å²) in [6, 6.07) is 34.5. The fourth-order valence-electron chi connectivity index (χ4n) is 12.6.